The van der Waals surface area contributed by atoms with E-state index in [1.165, 1.54) is 16.8 Å². The van der Waals surface area contributed by atoms with Crippen LogP contribution in [0.1, 0.15) is 37.8 Å². The first-order valence-corrected chi connectivity index (χ1v) is 8.88. The van der Waals surface area contributed by atoms with Crippen LogP contribution < -0.4 is 10.2 Å². The van der Waals surface area contributed by atoms with E-state index in [9.17, 15) is 4.79 Å². The second kappa shape index (κ2) is 8.34. The Balaban J connectivity index is 1.84. The number of carbonyl (C=O) groups excluding carboxylic acids is 1. The molecule has 1 fully saturated rings. The average molecular weight is 317 g/mol. The molecule has 0 unspecified atom stereocenters. The first-order valence-electron chi connectivity index (χ1n) is 8.88. The largest absolute Gasteiger partial charge is 0.369 e. The summed E-state index contributed by atoms with van der Waals surface area (Å²) in [7, 11) is 0. The first kappa shape index (κ1) is 17.8. The highest BCUT2D eigenvalue weighted by molar-refractivity contribution is 5.78. The molecule has 1 aromatic rings. The Kier molecular flexibility index (Phi) is 6.46. The van der Waals surface area contributed by atoms with Gasteiger partial charge in [-0.2, -0.15) is 0 Å². The summed E-state index contributed by atoms with van der Waals surface area (Å²) in [4.78, 5) is 16.8. The summed E-state index contributed by atoms with van der Waals surface area (Å²) in [5.41, 5.74) is 4.05. The van der Waals surface area contributed by atoms with Gasteiger partial charge >= 0.3 is 0 Å². The highest BCUT2D eigenvalue weighted by Gasteiger charge is 2.21. The molecule has 1 aliphatic rings. The smallest absolute Gasteiger partial charge is 0.234 e. The Morgan fingerprint density at radius 3 is 2.39 bits per heavy atom. The number of nitrogens with zero attached hydrogens (tertiary/aromatic N) is 2. The molecule has 1 N–H and O–H groups in total. The van der Waals surface area contributed by atoms with Gasteiger partial charge in [-0.3, -0.25) is 9.69 Å². The minimum atomic E-state index is 0.166. The van der Waals surface area contributed by atoms with Gasteiger partial charge in [0.05, 0.1) is 6.54 Å². The fraction of sp³-hybridized carbons (Fsp3) is 0.632. The van der Waals surface area contributed by atoms with E-state index < -0.39 is 0 Å². The highest BCUT2D eigenvalue weighted by Crippen LogP contribution is 2.23. The van der Waals surface area contributed by atoms with E-state index in [1.807, 2.05) is 0 Å². The van der Waals surface area contributed by atoms with Gasteiger partial charge in [0.15, 0.2) is 0 Å². The minimum absolute atomic E-state index is 0.166. The van der Waals surface area contributed by atoms with Crippen LogP contribution in [0.4, 0.5) is 5.69 Å². The van der Waals surface area contributed by atoms with Crippen LogP contribution in [-0.2, 0) is 4.79 Å². The molecule has 4 nitrogen and oxygen atoms in total. The third-order valence-corrected chi connectivity index (χ3v) is 5.01. The lowest BCUT2D eigenvalue weighted by Gasteiger charge is -2.36. The zero-order valence-electron chi connectivity index (χ0n) is 15.1. The van der Waals surface area contributed by atoms with Crippen LogP contribution in [0.2, 0.25) is 0 Å². The van der Waals surface area contributed by atoms with Crippen molar-refractivity contribution in [3.8, 4) is 0 Å². The standard InChI is InChI=1S/C19H31N3O/c1-5-17(6-2)20-19(23)14-21-10-12-22(13-11-21)18-9-7-8-15(3)16(18)4/h7-9,17H,5-6,10-14H2,1-4H3,(H,20,23). The van der Waals surface area contributed by atoms with Crippen molar-refractivity contribution in [1.82, 2.24) is 10.2 Å². The van der Waals surface area contributed by atoms with Crippen molar-refractivity contribution in [3.63, 3.8) is 0 Å². The predicted molar refractivity (Wildman–Crippen MR) is 97.1 cm³/mol. The molecule has 1 amide bonds. The van der Waals surface area contributed by atoms with E-state index in [0.717, 1.165) is 39.0 Å². The fourth-order valence-electron chi connectivity index (χ4n) is 3.19. The Bertz CT molecular complexity index is 517. The molecule has 23 heavy (non-hydrogen) atoms. The van der Waals surface area contributed by atoms with E-state index in [0.29, 0.717) is 12.6 Å². The number of aryl methyl sites for hydroxylation is 1. The first-order chi connectivity index (χ1) is 11.0. The normalized spacial score (nSPS) is 16.0. The van der Waals surface area contributed by atoms with Gasteiger partial charge in [0.2, 0.25) is 5.91 Å². The molecule has 1 saturated heterocycles. The van der Waals surface area contributed by atoms with Crippen molar-refractivity contribution in [2.75, 3.05) is 37.6 Å². The third-order valence-electron chi connectivity index (χ3n) is 5.01. The number of anilines is 1. The van der Waals surface area contributed by atoms with Crippen LogP contribution in [-0.4, -0.2) is 49.6 Å². The molecule has 2 rings (SSSR count). The lowest BCUT2D eigenvalue weighted by atomic mass is 10.1. The van der Waals surface area contributed by atoms with Crippen molar-refractivity contribution in [2.24, 2.45) is 0 Å². The van der Waals surface area contributed by atoms with Gasteiger partial charge in [0.1, 0.15) is 0 Å². The molecule has 0 radical (unpaired) electrons. The summed E-state index contributed by atoms with van der Waals surface area (Å²) in [6.07, 6.45) is 2.01. The highest BCUT2D eigenvalue weighted by atomic mass is 16.2. The monoisotopic (exact) mass is 317 g/mol. The van der Waals surface area contributed by atoms with Gasteiger partial charge < -0.3 is 10.2 Å². The molecule has 0 bridgehead atoms. The average Bonchev–Trinajstić information content (AvgIpc) is 2.56. The third kappa shape index (κ3) is 4.71. The maximum absolute atomic E-state index is 12.1. The van der Waals surface area contributed by atoms with Crippen LogP contribution in [0, 0.1) is 13.8 Å². The summed E-state index contributed by atoms with van der Waals surface area (Å²) in [6.45, 7) is 13.0. The Morgan fingerprint density at radius 2 is 1.78 bits per heavy atom. The molecule has 0 aromatic heterocycles. The number of carbonyl (C=O) groups is 1. The van der Waals surface area contributed by atoms with Crippen LogP contribution in [0.5, 0.6) is 0 Å². The summed E-state index contributed by atoms with van der Waals surface area (Å²) in [5.74, 6) is 0.166. The quantitative estimate of drug-likeness (QED) is 0.876. The molecule has 0 atom stereocenters. The van der Waals surface area contributed by atoms with E-state index in [4.69, 9.17) is 0 Å². The van der Waals surface area contributed by atoms with Gasteiger partial charge in [-0.15, -0.1) is 0 Å². The molecule has 0 saturated carbocycles. The number of piperazine rings is 1. The maximum atomic E-state index is 12.1. The summed E-state index contributed by atoms with van der Waals surface area (Å²) >= 11 is 0. The van der Waals surface area contributed by atoms with Gasteiger partial charge in [-0.05, 0) is 43.9 Å². The second-order valence-electron chi connectivity index (χ2n) is 6.56. The molecule has 1 aliphatic heterocycles. The SMILES string of the molecule is CCC(CC)NC(=O)CN1CCN(c2cccc(C)c2C)CC1. The van der Waals surface area contributed by atoms with Crippen LogP contribution in [0.15, 0.2) is 18.2 Å². The van der Waals surface area contributed by atoms with E-state index in [2.05, 4.69) is 61.0 Å². The zero-order chi connectivity index (χ0) is 16.8. The van der Waals surface area contributed by atoms with Crippen LogP contribution in [0.25, 0.3) is 0 Å². The maximum Gasteiger partial charge on any atom is 0.234 e. The van der Waals surface area contributed by atoms with Gasteiger partial charge in [-0.1, -0.05) is 26.0 Å². The summed E-state index contributed by atoms with van der Waals surface area (Å²) in [6, 6.07) is 6.82. The van der Waals surface area contributed by atoms with Gasteiger partial charge in [-0.25, -0.2) is 0 Å². The number of nitrogens with one attached hydrogen (secondary N) is 1. The lowest BCUT2D eigenvalue weighted by molar-refractivity contribution is -0.123. The number of hydrogen-bond donors (Lipinski definition) is 1. The van der Waals surface area contributed by atoms with Crippen molar-refractivity contribution in [3.05, 3.63) is 29.3 Å². The van der Waals surface area contributed by atoms with Crippen molar-refractivity contribution in [1.29, 1.82) is 0 Å². The molecule has 0 aliphatic carbocycles. The molecule has 1 aromatic carbocycles. The number of hydrogen-bond acceptors (Lipinski definition) is 3. The molecule has 128 valence electrons. The topological polar surface area (TPSA) is 35.6 Å². The van der Waals surface area contributed by atoms with Gasteiger partial charge in [0, 0.05) is 37.9 Å². The number of benzene rings is 1. The Hall–Kier alpha value is -1.55. The summed E-state index contributed by atoms with van der Waals surface area (Å²) < 4.78 is 0. The van der Waals surface area contributed by atoms with E-state index >= 15 is 0 Å². The van der Waals surface area contributed by atoms with Crippen molar-refractivity contribution < 1.29 is 4.79 Å². The van der Waals surface area contributed by atoms with Crippen molar-refractivity contribution >= 4 is 11.6 Å². The van der Waals surface area contributed by atoms with E-state index in [1.54, 1.807) is 0 Å². The molecule has 1 heterocycles. The molecule has 4 heteroatoms. The van der Waals surface area contributed by atoms with Crippen LogP contribution >= 0.6 is 0 Å². The predicted octanol–water partition coefficient (Wildman–Crippen LogP) is 2.73. The number of amides is 1. The summed E-state index contributed by atoms with van der Waals surface area (Å²) in [5, 5.41) is 3.13. The van der Waals surface area contributed by atoms with Gasteiger partial charge in [0.25, 0.3) is 0 Å². The molecular weight excluding hydrogens is 286 g/mol. The molecule has 0 spiro atoms. The Labute approximate surface area is 140 Å². The zero-order valence-corrected chi connectivity index (χ0v) is 15.1. The number of rotatable bonds is 6. The minimum Gasteiger partial charge on any atom is -0.369 e. The van der Waals surface area contributed by atoms with E-state index in [-0.39, 0.29) is 5.91 Å². The second-order valence-corrected chi connectivity index (χ2v) is 6.56. The Morgan fingerprint density at radius 1 is 1.13 bits per heavy atom. The molecular formula is C19H31N3O. The lowest BCUT2D eigenvalue weighted by Crippen LogP contribution is -2.50. The van der Waals surface area contributed by atoms with Crippen LogP contribution in [0.3, 0.4) is 0 Å². The van der Waals surface area contributed by atoms with Crippen molar-refractivity contribution in [2.45, 2.75) is 46.6 Å². The fourth-order valence-corrected chi connectivity index (χ4v) is 3.19.